The fourth-order valence-corrected chi connectivity index (χ4v) is 2.65. The molecule has 3 heteroatoms. The standard InChI is InChI=1S/C17H25NO2/c1-3-13(2)20-16-10-6-9-15(12-16)18-17(19)11-14-7-4-5-8-14/h6,9-10,12-14H,3-5,7-8,11H2,1-2H3,(H,18,19). The summed E-state index contributed by atoms with van der Waals surface area (Å²) >= 11 is 0. The lowest BCUT2D eigenvalue weighted by Gasteiger charge is -2.14. The summed E-state index contributed by atoms with van der Waals surface area (Å²) < 4.78 is 5.77. The predicted molar refractivity (Wildman–Crippen MR) is 82.0 cm³/mol. The Kier molecular flexibility index (Phi) is 5.45. The van der Waals surface area contributed by atoms with E-state index < -0.39 is 0 Å². The van der Waals surface area contributed by atoms with Gasteiger partial charge in [0, 0.05) is 18.2 Å². The molecule has 1 saturated carbocycles. The molecule has 0 radical (unpaired) electrons. The topological polar surface area (TPSA) is 38.3 Å². The normalized spacial score (nSPS) is 16.9. The molecule has 110 valence electrons. The zero-order valence-electron chi connectivity index (χ0n) is 12.5. The molecule has 0 aliphatic heterocycles. The molecule has 0 heterocycles. The number of amides is 1. The van der Waals surface area contributed by atoms with Crippen LogP contribution in [0.15, 0.2) is 24.3 Å². The van der Waals surface area contributed by atoms with Crippen molar-refractivity contribution in [2.24, 2.45) is 5.92 Å². The van der Waals surface area contributed by atoms with Gasteiger partial charge in [-0.25, -0.2) is 0 Å². The Morgan fingerprint density at radius 1 is 1.40 bits per heavy atom. The molecule has 1 aromatic rings. The Morgan fingerprint density at radius 3 is 2.85 bits per heavy atom. The van der Waals surface area contributed by atoms with Crippen LogP contribution in [0.3, 0.4) is 0 Å². The summed E-state index contributed by atoms with van der Waals surface area (Å²) in [6.07, 6.45) is 6.76. The van der Waals surface area contributed by atoms with Crippen LogP contribution in [0.4, 0.5) is 5.69 Å². The van der Waals surface area contributed by atoms with E-state index in [0.717, 1.165) is 17.9 Å². The SMILES string of the molecule is CCC(C)Oc1cccc(NC(=O)CC2CCCC2)c1. The van der Waals surface area contributed by atoms with Gasteiger partial charge in [-0.1, -0.05) is 25.8 Å². The first-order valence-electron chi connectivity index (χ1n) is 7.74. The maximum absolute atomic E-state index is 12.0. The second-order valence-corrected chi connectivity index (χ2v) is 5.77. The predicted octanol–water partition coefficient (Wildman–Crippen LogP) is 4.38. The van der Waals surface area contributed by atoms with Crippen LogP contribution in [0.5, 0.6) is 5.75 Å². The first kappa shape index (κ1) is 14.9. The van der Waals surface area contributed by atoms with Crippen molar-refractivity contribution in [1.29, 1.82) is 0 Å². The van der Waals surface area contributed by atoms with Gasteiger partial charge in [-0.05, 0) is 44.2 Å². The zero-order valence-corrected chi connectivity index (χ0v) is 12.5. The lowest BCUT2D eigenvalue weighted by atomic mass is 10.0. The first-order chi connectivity index (χ1) is 9.67. The summed E-state index contributed by atoms with van der Waals surface area (Å²) in [6.45, 7) is 4.14. The highest BCUT2D eigenvalue weighted by atomic mass is 16.5. The number of carbonyl (C=O) groups is 1. The summed E-state index contributed by atoms with van der Waals surface area (Å²) in [5.74, 6) is 1.52. The summed E-state index contributed by atoms with van der Waals surface area (Å²) in [5, 5.41) is 2.98. The van der Waals surface area contributed by atoms with E-state index in [2.05, 4.69) is 12.2 Å². The van der Waals surface area contributed by atoms with Crippen molar-refractivity contribution in [1.82, 2.24) is 0 Å². The highest BCUT2D eigenvalue weighted by molar-refractivity contribution is 5.91. The van der Waals surface area contributed by atoms with Crippen LogP contribution in [0, 0.1) is 5.92 Å². The van der Waals surface area contributed by atoms with Crippen LogP contribution in [-0.4, -0.2) is 12.0 Å². The lowest BCUT2D eigenvalue weighted by Crippen LogP contribution is -2.15. The number of carbonyl (C=O) groups excluding carboxylic acids is 1. The molecule has 1 aliphatic rings. The second-order valence-electron chi connectivity index (χ2n) is 5.77. The van der Waals surface area contributed by atoms with Crippen LogP contribution in [0.25, 0.3) is 0 Å². The van der Waals surface area contributed by atoms with E-state index >= 15 is 0 Å². The highest BCUT2D eigenvalue weighted by Crippen LogP contribution is 2.28. The van der Waals surface area contributed by atoms with Gasteiger partial charge in [0.25, 0.3) is 0 Å². The minimum Gasteiger partial charge on any atom is -0.491 e. The third kappa shape index (κ3) is 4.55. The zero-order chi connectivity index (χ0) is 14.4. The smallest absolute Gasteiger partial charge is 0.224 e. The van der Waals surface area contributed by atoms with Gasteiger partial charge >= 0.3 is 0 Å². The molecule has 1 atom stereocenters. The maximum Gasteiger partial charge on any atom is 0.224 e. The molecule has 1 unspecified atom stereocenters. The van der Waals surface area contributed by atoms with Gasteiger partial charge in [0.1, 0.15) is 5.75 Å². The van der Waals surface area contributed by atoms with Crippen LogP contribution in [0.1, 0.15) is 52.4 Å². The van der Waals surface area contributed by atoms with Crippen molar-refractivity contribution in [2.75, 3.05) is 5.32 Å². The number of rotatable bonds is 6. The third-order valence-corrected chi connectivity index (χ3v) is 3.98. The van der Waals surface area contributed by atoms with Crippen molar-refractivity contribution in [3.05, 3.63) is 24.3 Å². The minimum absolute atomic E-state index is 0.123. The number of hydrogen-bond donors (Lipinski definition) is 1. The van der Waals surface area contributed by atoms with Gasteiger partial charge in [0.2, 0.25) is 5.91 Å². The van der Waals surface area contributed by atoms with Crippen molar-refractivity contribution in [2.45, 2.75) is 58.5 Å². The van der Waals surface area contributed by atoms with Crippen molar-refractivity contribution in [3.63, 3.8) is 0 Å². The number of hydrogen-bond acceptors (Lipinski definition) is 2. The molecule has 0 aromatic heterocycles. The number of nitrogens with one attached hydrogen (secondary N) is 1. The molecular weight excluding hydrogens is 250 g/mol. The largest absolute Gasteiger partial charge is 0.491 e. The number of ether oxygens (including phenoxy) is 1. The molecule has 0 spiro atoms. The van der Waals surface area contributed by atoms with E-state index in [1.54, 1.807) is 0 Å². The first-order valence-corrected chi connectivity index (χ1v) is 7.74. The van der Waals surface area contributed by atoms with Crippen LogP contribution in [-0.2, 0) is 4.79 Å². The Labute approximate surface area is 121 Å². The van der Waals surface area contributed by atoms with Crippen LogP contribution >= 0.6 is 0 Å². The molecule has 2 rings (SSSR count). The van der Waals surface area contributed by atoms with Crippen molar-refractivity contribution < 1.29 is 9.53 Å². The second kappa shape index (κ2) is 7.32. The van der Waals surface area contributed by atoms with Gasteiger partial charge in [-0.3, -0.25) is 4.79 Å². The fourth-order valence-electron chi connectivity index (χ4n) is 2.65. The summed E-state index contributed by atoms with van der Waals surface area (Å²) in [4.78, 5) is 12.0. The molecular formula is C17H25NO2. The maximum atomic E-state index is 12.0. The van der Waals surface area contributed by atoms with E-state index in [4.69, 9.17) is 4.74 Å². The Bertz CT molecular complexity index is 438. The van der Waals surface area contributed by atoms with Gasteiger partial charge in [0.15, 0.2) is 0 Å². The van der Waals surface area contributed by atoms with Crippen molar-refractivity contribution >= 4 is 11.6 Å². The minimum atomic E-state index is 0.123. The fraction of sp³-hybridized carbons (Fsp3) is 0.588. The number of anilines is 1. The Hall–Kier alpha value is -1.51. The van der Waals surface area contributed by atoms with Crippen LogP contribution < -0.4 is 10.1 Å². The summed E-state index contributed by atoms with van der Waals surface area (Å²) in [5.41, 5.74) is 0.828. The molecule has 3 nitrogen and oxygen atoms in total. The highest BCUT2D eigenvalue weighted by Gasteiger charge is 2.18. The van der Waals surface area contributed by atoms with E-state index in [0.29, 0.717) is 12.3 Å². The van der Waals surface area contributed by atoms with Gasteiger partial charge in [-0.15, -0.1) is 0 Å². The molecule has 0 bridgehead atoms. The molecule has 20 heavy (non-hydrogen) atoms. The van der Waals surface area contributed by atoms with Crippen LogP contribution in [0.2, 0.25) is 0 Å². The molecule has 1 N–H and O–H groups in total. The lowest BCUT2D eigenvalue weighted by molar-refractivity contribution is -0.117. The van der Waals surface area contributed by atoms with Gasteiger partial charge in [-0.2, -0.15) is 0 Å². The quantitative estimate of drug-likeness (QED) is 0.836. The molecule has 1 fully saturated rings. The summed E-state index contributed by atoms with van der Waals surface area (Å²) in [7, 11) is 0. The van der Waals surface area contributed by atoms with E-state index in [1.165, 1.54) is 25.7 Å². The van der Waals surface area contributed by atoms with E-state index in [9.17, 15) is 4.79 Å². The Morgan fingerprint density at radius 2 is 2.15 bits per heavy atom. The van der Waals surface area contributed by atoms with Gasteiger partial charge < -0.3 is 10.1 Å². The third-order valence-electron chi connectivity index (χ3n) is 3.98. The monoisotopic (exact) mass is 275 g/mol. The summed E-state index contributed by atoms with van der Waals surface area (Å²) in [6, 6.07) is 7.66. The molecule has 1 amide bonds. The van der Waals surface area contributed by atoms with Crippen molar-refractivity contribution in [3.8, 4) is 5.75 Å². The molecule has 1 aliphatic carbocycles. The van der Waals surface area contributed by atoms with E-state index in [1.807, 2.05) is 31.2 Å². The average Bonchev–Trinajstić information content (AvgIpc) is 2.91. The number of benzene rings is 1. The van der Waals surface area contributed by atoms with Gasteiger partial charge in [0.05, 0.1) is 6.10 Å². The molecule has 1 aromatic carbocycles. The van der Waals surface area contributed by atoms with E-state index in [-0.39, 0.29) is 12.0 Å². The average molecular weight is 275 g/mol. The molecule has 0 saturated heterocycles. The Balaban J connectivity index is 1.88.